The van der Waals surface area contributed by atoms with Gasteiger partial charge in [-0.3, -0.25) is 0 Å². The second-order valence-corrected chi connectivity index (χ2v) is 30.6. The van der Waals surface area contributed by atoms with Crippen molar-refractivity contribution in [1.82, 2.24) is 8.80 Å². The van der Waals surface area contributed by atoms with Gasteiger partial charge in [-0.15, -0.1) is 11.8 Å². The van der Waals surface area contributed by atoms with Crippen LogP contribution in [-0.4, -0.2) is 22.1 Å². The molecule has 4 aromatic heterocycles. The van der Waals surface area contributed by atoms with Crippen LogP contribution >= 0.6 is 11.8 Å². The third-order valence-electron chi connectivity index (χ3n) is 15.5. The number of fused-ring (bicyclic) bond motifs is 12. The minimum absolute atomic E-state index is 0.115. The summed E-state index contributed by atoms with van der Waals surface area (Å²) in [4.78, 5) is 6.35. The molecule has 0 fully saturated rings. The van der Waals surface area contributed by atoms with Crippen LogP contribution in [0.1, 0.15) is 66.5 Å². The van der Waals surface area contributed by atoms with Gasteiger partial charge in [-0.2, -0.15) is 0 Å². The van der Waals surface area contributed by atoms with Crippen LogP contribution < -0.4 is 15.0 Å². The Morgan fingerprint density at radius 3 is 1.30 bits per heavy atom. The van der Waals surface area contributed by atoms with Crippen LogP contribution in [0, 0.1) is 0 Å². The van der Waals surface area contributed by atoms with E-state index in [1.807, 2.05) is 11.8 Å². The fourth-order valence-electron chi connectivity index (χ4n) is 12.5. The molecule has 0 amide bonds. The van der Waals surface area contributed by atoms with Crippen LogP contribution in [-0.2, 0) is 10.8 Å². The summed E-state index contributed by atoms with van der Waals surface area (Å²) >= 11 is 1.93. The van der Waals surface area contributed by atoms with Gasteiger partial charge in [0, 0.05) is 70.3 Å². The zero-order valence-corrected chi connectivity index (χ0v) is 46.4. The van der Waals surface area contributed by atoms with E-state index in [4.69, 9.17) is 0 Å². The molecule has 13 aromatic rings. The van der Waals surface area contributed by atoms with Crippen molar-refractivity contribution in [2.45, 2.75) is 96.0 Å². The highest BCUT2D eigenvalue weighted by atomic mass is 32.2. The highest BCUT2D eigenvalue weighted by Gasteiger charge is 2.33. The van der Waals surface area contributed by atoms with E-state index in [1.165, 1.54) is 120 Å². The van der Waals surface area contributed by atoms with Gasteiger partial charge in [0.15, 0.2) is 0 Å². The van der Waals surface area contributed by atoms with E-state index in [2.05, 4.69) is 276 Å². The molecule has 4 heterocycles. The summed E-state index contributed by atoms with van der Waals surface area (Å²) in [6.45, 7) is 26.2. The van der Waals surface area contributed by atoms with Crippen molar-refractivity contribution in [2.24, 2.45) is 0 Å². The van der Waals surface area contributed by atoms with Crippen LogP contribution in [0.4, 0.5) is 34.1 Å². The van der Waals surface area contributed by atoms with Crippen LogP contribution in [0.2, 0.25) is 19.6 Å². The van der Waals surface area contributed by atoms with Crippen molar-refractivity contribution >= 4 is 135 Å². The molecule has 0 bridgehead atoms. The van der Waals surface area contributed by atoms with Gasteiger partial charge in [-0.1, -0.05) is 190 Å². The largest absolute Gasteiger partial charge is 0.310 e. The van der Waals surface area contributed by atoms with Crippen LogP contribution in [0.15, 0.2) is 187 Å². The average molecular weight is 997 g/mol. The van der Waals surface area contributed by atoms with Crippen molar-refractivity contribution in [2.75, 3.05) is 9.80 Å². The maximum Gasteiger partial charge on any atom is 0.0803 e. The Hall–Kier alpha value is -7.25. The number of nitrogens with zero attached hydrogens (tertiary/aromatic N) is 4. The molecular weight excluding hydrogens is 933 g/mol. The summed E-state index contributed by atoms with van der Waals surface area (Å²) in [7, 11) is -1.80. The zero-order chi connectivity index (χ0) is 51.2. The molecule has 0 radical (unpaired) electrons. The van der Waals surface area contributed by atoms with Crippen molar-refractivity contribution in [1.29, 1.82) is 0 Å². The zero-order valence-electron chi connectivity index (χ0n) is 44.6. The Kier molecular flexibility index (Phi) is 10.5. The Morgan fingerprint density at radius 1 is 0.405 bits per heavy atom. The smallest absolute Gasteiger partial charge is 0.0803 e. The normalized spacial score (nSPS) is 13.0. The molecule has 9 aromatic carbocycles. The topological polar surface area (TPSA) is 15.3 Å². The van der Waals surface area contributed by atoms with E-state index >= 15 is 0 Å². The standard InChI is InChI=1S/C68H64N4SSi/c1-42(2)73-59-34-20-18-32-53(59)69(43-24-14-12-15-25-43)55-38-36-45-49-40-58-50(41-57(49)71-63-47(61(55)65(45)71)28-22-30-51(63)67(3,4)5)46-37-39-56(62-48-29-23-31-52(68(6,7)8)64(48)72(58)66(46)62)70(44-26-16-13-17-27-44)54-33-19-21-35-60(54)74(9,10)11/h12-42H,1-11H3. The predicted octanol–water partition coefficient (Wildman–Crippen LogP) is 19.6. The first kappa shape index (κ1) is 46.5. The minimum Gasteiger partial charge on any atom is -0.310 e. The van der Waals surface area contributed by atoms with Crippen molar-refractivity contribution in [3.63, 3.8) is 0 Å². The third kappa shape index (κ3) is 6.94. The van der Waals surface area contributed by atoms with Gasteiger partial charge in [-0.05, 0) is 93.9 Å². The number of para-hydroxylation sites is 6. The molecule has 366 valence electrons. The van der Waals surface area contributed by atoms with Crippen molar-refractivity contribution in [3.05, 3.63) is 193 Å². The Morgan fingerprint density at radius 2 is 0.838 bits per heavy atom. The van der Waals surface area contributed by atoms with E-state index in [0.717, 1.165) is 11.4 Å². The van der Waals surface area contributed by atoms with E-state index in [-0.39, 0.29) is 10.8 Å². The number of hydrogen-bond acceptors (Lipinski definition) is 3. The number of rotatable bonds is 9. The number of anilines is 6. The summed E-state index contributed by atoms with van der Waals surface area (Å²) in [5.41, 5.74) is 17.2. The van der Waals surface area contributed by atoms with E-state index in [1.54, 1.807) is 0 Å². The Balaban J connectivity index is 1.18. The molecule has 0 saturated carbocycles. The Bertz CT molecular complexity index is 4320. The molecule has 0 aliphatic carbocycles. The lowest BCUT2D eigenvalue weighted by atomic mass is 9.85. The number of hydrogen-bond donors (Lipinski definition) is 0. The quantitative estimate of drug-likeness (QED) is 0.106. The lowest BCUT2D eigenvalue weighted by molar-refractivity contribution is 0.594. The lowest BCUT2D eigenvalue weighted by Gasteiger charge is -2.32. The van der Waals surface area contributed by atoms with Crippen molar-refractivity contribution in [3.8, 4) is 0 Å². The van der Waals surface area contributed by atoms with Crippen molar-refractivity contribution < 1.29 is 0 Å². The Labute approximate surface area is 440 Å². The van der Waals surface area contributed by atoms with E-state index < -0.39 is 8.07 Å². The van der Waals surface area contributed by atoms with Gasteiger partial charge in [0.1, 0.15) is 0 Å². The molecule has 74 heavy (non-hydrogen) atoms. The second-order valence-electron chi connectivity index (χ2n) is 23.9. The minimum atomic E-state index is -1.80. The fourth-order valence-corrected chi connectivity index (χ4v) is 15.0. The van der Waals surface area contributed by atoms with Gasteiger partial charge in [0.05, 0.1) is 58.2 Å². The maximum absolute atomic E-state index is 2.66. The first-order valence-electron chi connectivity index (χ1n) is 26.5. The SMILES string of the molecule is CC(C)Sc1ccccc1N(c1ccccc1)c1ccc2c3cc4c(cc3n3c5c(C(C)(C)C)cccc5c1c23)c1ccc(N(c2ccccc2)c2ccccc2[Si](C)(C)C)c2c3cccc(C(C)(C)C)c3n4c12. The molecule has 0 unspecified atom stereocenters. The molecule has 0 aliphatic heterocycles. The summed E-state index contributed by atoms with van der Waals surface area (Å²) in [6, 6.07) is 69.0. The number of thioether (sulfide) groups is 1. The fraction of sp³-hybridized carbons (Fsp3) is 0.206. The predicted molar refractivity (Wildman–Crippen MR) is 326 cm³/mol. The molecule has 0 N–H and O–H groups in total. The highest BCUT2D eigenvalue weighted by Crippen LogP contribution is 2.53. The van der Waals surface area contributed by atoms with Crippen LogP contribution in [0.5, 0.6) is 0 Å². The van der Waals surface area contributed by atoms with Gasteiger partial charge >= 0.3 is 0 Å². The second kappa shape index (κ2) is 16.6. The summed E-state index contributed by atoms with van der Waals surface area (Å²) < 4.78 is 5.31. The molecule has 0 saturated heterocycles. The van der Waals surface area contributed by atoms with Crippen LogP contribution in [0.25, 0.3) is 76.2 Å². The first-order valence-corrected chi connectivity index (χ1v) is 30.8. The first-order chi connectivity index (χ1) is 35.5. The van der Waals surface area contributed by atoms with Gasteiger partial charge in [0.25, 0.3) is 0 Å². The van der Waals surface area contributed by atoms with Gasteiger partial charge in [-0.25, -0.2) is 0 Å². The summed E-state index contributed by atoms with van der Waals surface area (Å²) in [5, 5.41) is 12.1. The molecule has 0 spiro atoms. The molecule has 0 atom stereocenters. The highest BCUT2D eigenvalue weighted by molar-refractivity contribution is 8.00. The van der Waals surface area contributed by atoms with Gasteiger partial charge < -0.3 is 18.6 Å². The maximum atomic E-state index is 2.66. The van der Waals surface area contributed by atoms with Gasteiger partial charge in [0.2, 0.25) is 0 Å². The molecule has 13 rings (SSSR count). The number of benzene rings is 9. The third-order valence-corrected chi connectivity index (χ3v) is 18.7. The van der Waals surface area contributed by atoms with Crippen LogP contribution in [0.3, 0.4) is 0 Å². The number of aromatic nitrogens is 2. The average Bonchev–Trinajstić information content (AvgIpc) is 4.12. The molecular formula is C68H64N4SSi. The summed E-state index contributed by atoms with van der Waals surface area (Å²) in [5.74, 6) is 0. The monoisotopic (exact) mass is 996 g/mol. The van der Waals surface area contributed by atoms with E-state index in [9.17, 15) is 0 Å². The molecule has 4 nitrogen and oxygen atoms in total. The lowest BCUT2D eigenvalue weighted by Crippen LogP contribution is -2.40. The van der Waals surface area contributed by atoms with E-state index in [0.29, 0.717) is 5.25 Å². The summed E-state index contributed by atoms with van der Waals surface area (Å²) in [6.07, 6.45) is 0. The molecule has 0 aliphatic rings. The molecule has 6 heteroatoms.